The summed E-state index contributed by atoms with van der Waals surface area (Å²) in [7, 11) is 0. The van der Waals surface area contributed by atoms with E-state index in [1.54, 1.807) is 24.3 Å². The second-order valence-electron chi connectivity index (χ2n) is 8.38. The van der Waals surface area contributed by atoms with Gasteiger partial charge in [0.25, 0.3) is 5.91 Å². The molecule has 0 spiro atoms. The first-order chi connectivity index (χ1) is 17.6. The fourth-order valence-electron chi connectivity index (χ4n) is 4.30. The molecule has 11 heteroatoms. The van der Waals surface area contributed by atoms with Crippen LogP contribution < -0.4 is 20.6 Å². The van der Waals surface area contributed by atoms with Crippen molar-refractivity contribution in [2.24, 2.45) is 5.73 Å². The Balaban J connectivity index is 1.76. The topological polar surface area (TPSA) is 190 Å². The lowest BCUT2D eigenvalue weighted by atomic mass is 9.85. The Bertz CT molecular complexity index is 1660. The van der Waals surface area contributed by atoms with Gasteiger partial charge < -0.3 is 40.1 Å². The highest BCUT2D eigenvalue weighted by Gasteiger charge is 2.34. The summed E-state index contributed by atoms with van der Waals surface area (Å²) in [5.41, 5.74) is 4.90. The quantitative estimate of drug-likeness (QED) is 0.153. The number of fused-ring (bicyclic) bond motifs is 3. The summed E-state index contributed by atoms with van der Waals surface area (Å²) in [6.07, 6.45) is -0.161. The Morgan fingerprint density at radius 3 is 2.51 bits per heavy atom. The number of primary amides is 1. The third kappa shape index (κ3) is 4.12. The normalized spacial score (nSPS) is 14.7. The SMILES string of the molecule is NC(=O)COc1cccc([C@@H]2CC(=O)Oc3cc(O)c4c(=O)c(O)c(-c5ccc(O)c(O)c5)oc4c32)c1. The Kier molecular flexibility index (Phi) is 5.59. The zero-order valence-corrected chi connectivity index (χ0v) is 18.9. The van der Waals surface area contributed by atoms with E-state index in [4.69, 9.17) is 19.6 Å². The molecule has 0 radical (unpaired) electrons. The van der Waals surface area contributed by atoms with Crippen molar-refractivity contribution in [3.63, 3.8) is 0 Å². The minimum atomic E-state index is -0.960. The van der Waals surface area contributed by atoms with Crippen molar-refractivity contribution < 1.29 is 43.9 Å². The molecule has 1 aromatic heterocycles. The highest BCUT2D eigenvalue weighted by atomic mass is 16.5. The maximum atomic E-state index is 13.1. The first-order valence-corrected chi connectivity index (χ1v) is 10.9. The molecule has 1 atom stereocenters. The van der Waals surface area contributed by atoms with E-state index in [2.05, 4.69) is 0 Å². The summed E-state index contributed by atoms with van der Waals surface area (Å²) in [6, 6.07) is 11.2. The first-order valence-electron chi connectivity index (χ1n) is 10.9. The van der Waals surface area contributed by atoms with E-state index >= 15 is 0 Å². The van der Waals surface area contributed by atoms with Crippen LogP contribution in [0, 0.1) is 0 Å². The number of phenolic OH excluding ortho intramolecular Hbond substituents is 3. The van der Waals surface area contributed by atoms with Crippen LogP contribution in [0.25, 0.3) is 22.3 Å². The number of phenols is 3. The number of carbonyl (C=O) groups excluding carboxylic acids is 2. The van der Waals surface area contributed by atoms with Crippen LogP contribution in [-0.4, -0.2) is 38.9 Å². The number of nitrogens with two attached hydrogens (primary N) is 1. The van der Waals surface area contributed by atoms with Crippen molar-refractivity contribution >= 4 is 22.8 Å². The van der Waals surface area contributed by atoms with Gasteiger partial charge in [-0.05, 0) is 35.9 Å². The van der Waals surface area contributed by atoms with Crippen molar-refractivity contribution in [3.8, 4) is 45.8 Å². The monoisotopic (exact) mass is 505 g/mol. The summed E-state index contributed by atoms with van der Waals surface area (Å²) in [6.45, 7) is -0.361. The van der Waals surface area contributed by atoms with Crippen LogP contribution in [0.1, 0.15) is 23.5 Å². The van der Waals surface area contributed by atoms with Crippen molar-refractivity contribution in [2.45, 2.75) is 12.3 Å². The maximum absolute atomic E-state index is 13.1. The molecule has 1 aliphatic rings. The van der Waals surface area contributed by atoms with Gasteiger partial charge in [-0.2, -0.15) is 0 Å². The van der Waals surface area contributed by atoms with E-state index in [0.717, 1.165) is 18.2 Å². The largest absolute Gasteiger partial charge is 0.507 e. The minimum absolute atomic E-state index is 0.0527. The van der Waals surface area contributed by atoms with Crippen molar-refractivity contribution in [3.05, 3.63) is 69.9 Å². The van der Waals surface area contributed by atoms with Gasteiger partial charge in [-0.1, -0.05) is 12.1 Å². The fourth-order valence-corrected chi connectivity index (χ4v) is 4.30. The van der Waals surface area contributed by atoms with Crippen LogP contribution >= 0.6 is 0 Å². The molecule has 1 amide bonds. The lowest BCUT2D eigenvalue weighted by molar-refractivity contribution is -0.135. The van der Waals surface area contributed by atoms with E-state index in [-0.39, 0.29) is 46.6 Å². The molecule has 0 aliphatic carbocycles. The maximum Gasteiger partial charge on any atom is 0.312 e. The minimum Gasteiger partial charge on any atom is -0.507 e. The molecule has 37 heavy (non-hydrogen) atoms. The molecule has 188 valence electrons. The van der Waals surface area contributed by atoms with Crippen LogP contribution in [0.3, 0.4) is 0 Å². The fraction of sp³-hybridized carbons (Fsp3) is 0.115. The average Bonchev–Trinajstić information content (AvgIpc) is 2.85. The molecule has 0 saturated carbocycles. The molecule has 5 rings (SSSR count). The molecule has 6 N–H and O–H groups in total. The van der Waals surface area contributed by atoms with Crippen LogP contribution in [0.5, 0.6) is 34.5 Å². The van der Waals surface area contributed by atoms with Crippen LogP contribution in [0.15, 0.2) is 57.7 Å². The van der Waals surface area contributed by atoms with Gasteiger partial charge in [0.1, 0.15) is 28.2 Å². The highest BCUT2D eigenvalue weighted by molar-refractivity contribution is 5.94. The Labute approximate surface area is 207 Å². The van der Waals surface area contributed by atoms with E-state index in [1.165, 1.54) is 6.07 Å². The smallest absolute Gasteiger partial charge is 0.312 e. The van der Waals surface area contributed by atoms with Crippen molar-refractivity contribution in [2.75, 3.05) is 6.61 Å². The van der Waals surface area contributed by atoms with Gasteiger partial charge in [-0.25, -0.2) is 0 Å². The van der Waals surface area contributed by atoms with E-state index in [1.807, 2.05) is 0 Å². The van der Waals surface area contributed by atoms with E-state index in [9.17, 15) is 34.8 Å². The third-order valence-corrected chi connectivity index (χ3v) is 5.94. The van der Waals surface area contributed by atoms with E-state index < -0.39 is 46.2 Å². The molecule has 0 saturated heterocycles. The third-order valence-electron chi connectivity index (χ3n) is 5.94. The molecule has 1 aliphatic heterocycles. The molecule has 0 fully saturated rings. The van der Waals surface area contributed by atoms with Crippen LogP contribution in [0.4, 0.5) is 0 Å². The Hall–Kier alpha value is -5.19. The van der Waals surface area contributed by atoms with Gasteiger partial charge in [-0.15, -0.1) is 0 Å². The van der Waals surface area contributed by atoms with Gasteiger partial charge >= 0.3 is 5.97 Å². The molecular weight excluding hydrogens is 486 g/mol. The zero-order valence-electron chi connectivity index (χ0n) is 18.9. The predicted molar refractivity (Wildman–Crippen MR) is 128 cm³/mol. The van der Waals surface area contributed by atoms with Crippen LogP contribution in [-0.2, 0) is 9.59 Å². The van der Waals surface area contributed by atoms with Crippen molar-refractivity contribution in [1.82, 2.24) is 0 Å². The lowest BCUT2D eigenvalue weighted by Crippen LogP contribution is -2.22. The molecule has 11 nitrogen and oxygen atoms in total. The summed E-state index contributed by atoms with van der Waals surface area (Å²) >= 11 is 0. The van der Waals surface area contributed by atoms with Gasteiger partial charge in [0.2, 0.25) is 11.2 Å². The summed E-state index contributed by atoms with van der Waals surface area (Å²) < 4.78 is 16.7. The first kappa shape index (κ1) is 23.5. The number of ether oxygens (including phenoxy) is 2. The Morgan fingerprint density at radius 1 is 1.00 bits per heavy atom. The number of esters is 1. The second-order valence-corrected chi connectivity index (χ2v) is 8.38. The van der Waals surface area contributed by atoms with Gasteiger partial charge in [0.05, 0.1) is 6.42 Å². The predicted octanol–water partition coefficient (Wildman–Crippen LogP) is 2.59. The highest BCUT2D eigenvalue weighted by Crippen LogP contribution is 2.47. The Morgan fingerprint density at radius 2 is 1.78 bits per heavy atom. The van der Waals surface area contributed by atoms with Gasteiger partial charge in [-0.3, -0.25) is 14.4 Å². The number of hydrogen-bond donors (Lipinski definition) is 5. The molecule has 0 unspecified atom stereocenters. The number of benzene rings is 3. The lowest BCUT2D eigenvalue weighted by Gasteiger charge is -2.26. The van der Waals surface area contributed by atoms with E-state index in [0.29, 0.717) is 11.3 Å². The molecule has 0 bridgehead atoms. The summed E-state index contributed by atoms with van der Waals surface area (Å²) in [5, 5.41) is 40.4. The average molecular weight is 505 g/mol. The second kappa shape index (κ2) is 8.79. The molecule has 3 aromatic carbocycles. The standard InChI is InChI=1S/C26H19NO10/c27-19(31)10-35-13-3-1-2-11(6-13)14-8-20(32)36-18-9-17(30)22-23(33)24(34)25(37-26(22)21(14)18)12-4-5-15(28)16(29)7-12/h1-7,9,14,28-30,34H,8,10H2,(H2,27,31)/t14-/m0/s1. The molecule has 4 aromatic rings. The van der Waals surface area contributed by atoms with Crippen LogP contribution in [0.2, 0.25) is 0 Å². The molecule has 2 heterocycles. The number of carbonyl (C=O) groups is 2. The number of aromatic hydroxyl groups is 4. The number of amides is 1. The zero-order chi connectivity index (χ0) is 26.4. The van der Waals surface area contributed by atoms with Gasteiger partial charge in [0.15, 0.2) is 23.9 Å². The van der Waals surface area contributed by atoms with Gasteiger partial charge in [0, 0.05) is 23.1 Å². The number of rotatable bonds is 5. The molecular formula is C26H19NO10. The number of hydrogen-bond acceptors (Lipinski definition) is 10. The summed E-state index contributed by atoms with van der Waals surface area (Å²) in [4.78, 5) is 36.7. The van der Waals surface area contributed by atoms with Crippen molar-refractivity contribution in [1.29, 1.82) is 0 Å². The summed E-state index contributed by atoms with van der Waals surface area (Å²) in [5.74, 6) is -4.45.